The molecule has 3 rings (SSSR count). The van der Waals surface area contributed by atoms with Gasteiger partial charge in [-0.1, -0.05) is 57.0 Å². The van der Waals surface area contributed by atoms with Gasteiger partial charge in [0.05, 0.1) is 25.3 Å². The van der Waals surface area contributed by atoms with Crippen LogP contribution in [0, 0.1) is 5.92 Å². The number of carbonyl (C=O) groups is 1. The summed E-state index contributed by atoms with van der Waals surface area (Å²) in [6, 6.07) is 10.9. The van der Waals surface area contributed by atoms with Gasteiger partial charge in [0.15, 0.2) is 0 Å². The number of amides is 1. The predicted molar refractivity (Wildman–Crippen MR) is 95.7 cm³/mol. The fraction of sp³-hybridized carbons (Fsp3) is 0.650. The van der Waals surface area contributed by atoms with E-state index in [0.717, 1.165) is 19.4 Å². The summed E-state index contributed by atoms with van der Waals surface area (Å²) in [4.78, 5) is 14.9. The molecule has 24 heavy (non-hydrogen) atoms. The Morgan fingerprint density at radius 2 is 2.00 bits per heavy atom. The van der Waals surface area contributed by atoms with E-state index >= 15 is 0 Å². The van der Waals surface area contributed by atoms with E-state index in [9.17, 15) is 4.79 Å². The predicted octanol–water partition coefficient (Wildman–Crippen LogP) is 3.14. The van der Waals surface area contributed by atoms with Crippen LogP contribution >= 0.6 is 0 Å². The van der Waals surface area contributed by atoms with E-state index in [1.165, 1.54) is 18.4 Å². The van der Waals surface area contributed by atoms with E-state index in [1.54, 1.807) is 0 Å². The van der Waals surface area contributed by atoms with Crippen LogP contribution in [0.15, 0.2) is 30.3 Å². The van der Waals surface area contributed by atoms with Crippen molar-refractivity contribution in [3.05, 3.63) is 35.9 Å². The summed E-state index contributed by atoms with van der Waals surface area (Å²) in [5, 5.41) is 3.50. The number of nitrogens with one attached hydrogen (secondary N) is 1. The average molecular weight is 330 g/mol. The normalized spacial score (nSPS) is 25.4. The molecule has 0 radical (unpaired) electrons. The van der Waals surface area contributed by atoms with Crippen LogP contribution in [0.3, 0.4) is 0 Å². The molecule has 1 heterocycles. The first kappa shape index (κ1) is 17.4. The Morgan fingerprint density at radius 1 is 1.25 bits per heavy atom. The molecular weight excluding hydrogens is 300 g/mol. The Kier molecular flexibility index (Phi) is 5.90. The third kappa shape index (κ3) is 3.98. The van der Waals surface area contributed by atoms with Crippen LogP contribution in [0.4, 0.5) is 0 Å². The zero-order valence-corrected chi connectivity index (χ0v) is 14.9. The summed E-state index contributed by atoms with van der Waals surface area (Å²) in [7, 11) is 0. The van der Waals surface area contributed by atoms with Gasteiger partial charge in [0.25, 0.3) is 0 Å². The van der Waals surface area contributed by atoms with Crippen molar-refractivity contribution in [2.45, 2.75) is 57.7 Å². The molecule has 1 aromatic rings. The maximum absolute atomic E-state index is 12.8. The van der Waals surface area contributed by atoms with Gasteiger partial charge in [-0.15, -0.1) is 0 Å². The van der Waals surface area contributed by atoms with Gasteiger partial charge >= 0.3 is 0 Å². The van der Waals surface area contributed by atoms with Crippen molar-refractivity contribution >= 4 is 5.91 Å². The molecule has 1 N–H and O–H groups in total. The van der Waals surface area contributed by atoms with E-state index in [4.69, 9.17) is 4.74 Å². The van der Waals surface area contributed by atoms with Gasteiger partial charge in [0.1, 0.15) is 0 Å². The third-order valence-corrected chi connectivity index (χ3v) is 5.35. The van der Waals surface area contributed by atoms with Crippen molar-refractivity contribution in [1.29, 1.82) is 0 Å². The first-order valence-corrected chi connectivity index (χ1v) is 9.36. The highest BCUT2D eigenvalue weighted by molar-refractivity contribution is 5.78. The number of carbonyl (C=O) groups excluding carboxylic acids is 1. The van der Waals surface area contributed by atoms with Gasteiger partial charge in [0, 0.05) is 12.6 Å². The van der Waals surface area contributed by atoms with Gasteiger partial charge in [-0.2, -0.15) is 0 Å². The molecule has 1 amide bonds. The number of nitrogens with zero attached hydrogens (tertiary/aromatic N) is 1. The van der Waals surface area contributed by atoms with Gasteiger partial charge < -0.3 is 15.0 Å². The second kappa shape index (κ2) is 8.13. The lowest BCUT2D eigenvalue weighted by molar-refractivity contribution is -0.148. The molecule has 0 spiro atoms. The molecule has 3 unspecified atom stereocenters. The molecule has 1 aliphatic carbocycles. The van der Waals surface area contributed by atoms with Gasteiger partial charge in [-0.3, -0.25) is 4.79 Å². The largest absolute Gasteiger partial charge is 0.374 e. The minimum absolute atomic E-state index is 0.207. The average Bonchev–Trinajstić information content (AvgIpc) is 2.62. The minimum atomic E-state index is 0.207. The molecule has 0 bridgehead atoms. The molecule has 1 saturated carbocycles. The van der Waals surface area contributed by atoms with Crippen LogP contribution < -0.4 is 5.32 Å². The summed E-state index contributed by atoms with van der Waals surface area (Å²) in [5.74, 6) is 0.657. The molecule has 2 aliphatic rings. The first-order chi connectivity index (χ1) is 11.7. The molecule has 4 heteroatoms. The maximum atomic E-state index is 12.8. The summed E-state index contributed by atoms with van der Waals surface area (Å²) in [5.41, 5.74) is 1.25. The van der Waals surface area contributed by atoms with Gasteiger partial charge in [-0.05, 0) is 24.3 Å². The van der Waals surface area contributed by atoms with Crippen LogP contribution in [0.2, 0.25) is 0 Å². The van der Waals surface area contributed by atoms with Crippen molar-refractivity contribution in [3.63, 3.8) is 0 Å². The molecule has 1 aliphatic heterocycles. The second-order valence-electron chi connectivity index (χ2n) is 7.36. The molecule has 1 saturated heterocycles. The summed E-state index contributed by atoms with van der Waals surface area (Å²) < 4.78 is 5.88. The lowest BCUT2D eigenvalue weighted by atomic mass is 9.90. The number of hydrogen-bond acceptors (Lipinski definition) is 3. The highest BCUT2D eigenvalue weighted by Gasteiger charge is 2.36. The zero-order valence-electron chi connectivity index (χ0n) is 14.9. The first-order valence-electron chi connectivity index (χ1n) is 9.36. The smallest absolute Gasteiger partial charge is 0.236 e. The Morgan fingerprint density at radius 3 is 2.75 bits per heavy atom. The Labute approximate surface area is 145 Å². The SMILES string of the molecule is CC(C)C(NCC(=O)N1CCOC2CCCCC21)c1ccccc1. The van der Waals surface area contributed by atoms with Crippen LogP contribution in [0.25, 0.3) is 0 Å². The van der Waals surface area contributed by atoms with Crippen molar-refractivity contribution in [1.82, 2.24) is 10.2 Å². The number of morpholine rings is 1. The van der Waals surface area contributed by atoms with E-state index in [1.807, 2.05) is 6.07 Å². The monoisotopic (exact) mass is 330 g/mol. The van der Waals surface area contributed by atoms with E-state index in [0.29, 0.717) is 19.1 Å². The molecule has 0 aromatic heterocycles. The van der Waals surface area contributed by atoms with E-state index < -0.39 is 0 Å². The van der Waals surface area contributed by atoms with E-state index in [-0.39, 0.29) is 24.1 Å². The van der Waals surface area contributed by atoms with Gasteiger partial charge in [0.2, 0.25) is 5.91 Å². The van der Waals surface area contributed by atoms with Crippen LogP contribution in [0.1, 0.15) is 51.1 Å². The summed E-state index contributed by atoms with van der Waals surface area (Å²) in [6.07, 6.45) is 4.88. The van der Waals surface area contributed by atoms with Crippen LogP contribution in [-0.2, 0) is 9.53 Å². The lowest BCUT2D eigenvalue weighted by Gasteiger charge is -2.44. The maximum Gasteiger partial charge on any atom is 0.236 e. The van der Waals surface area contributed by atoms with Crippen LogP contribution in [-0.4, -0.2) is 42.6 Å². The lowest BCUT2D eigenvalue weighted by Crippen LogP contribution is -2.56. The standard InChI is InChI=1S/C20H30N2O2/c1-15(2)20(16-8-4-3-5-9-16)21-14-19(23)22-12-13-24-18-11-7-6-10-17(18)22/h3-5,8-9,15,17-18,20-21H,6-7,10-14H2,1-2H3. The fourth-order valence-corrected chi connectivity index (χ4v) is 4.10. The number of hydrogen-bond donors (Lipinski definition) is 1. The van der Waals surface area contributed by atoms with Crippen molar-refractivity contribution in [3.8, 4) is 0 Å². The quantitative estimate of drug-likeness (QED) is 0.902. The van der Waals surface area contributed by atoms with E-state index in [2.05, 4.69) is 48.3 Å². The van der Waals surface area contributed by atoms with Crippen molar-refractivity contribution in [2.24, 2.45) is 5.92 Å². The number of benzene rings is 1. The molecular formula is C20H30N2O2. The molecule has 3 atom stereocenters. The fourth-order valence-electron chi connectivity index (χ4n) is 4.10. The van der Waals surface area contributed by atoms with Crippen LogP contribution in [0.5, 0.6) is 0 Å². The number of fused-ring (bicyclic) bond motifs is 1. The summed E-state index contributed by atoms with van der Waals surface area (Å²) in [6.45, 7) is 6.21. The zero-order chi connectivity index (χ0) is 16.9. The second-order valence-corrected chi connectivity index (χ2v) is 7.36. The Balaban J connectivity index is 1.61. The molecule has 2 fully saturated rings. The number of rotatable bonds is 5. The minimum Gasteiger partial charge on any atom is -0.374 e. The highest BCUT2D eigenvalue weighted by Crippen LogP contribution is 2.28. The Hall–Kier alpha value is -1.39. The molecule has 1 aromatic carbocycles. The Bertz CT molecular complexity index is 530. The van der Waals surface area contributed by atoms with Gasteiger partial charge in [-0.25, -0.2) is 0 Å². The number of ether oxygens (including phenoxy) is 1. The summed E-state index contributed by atoms with van der Waals surface area (Å²) >= 11 is 0. The highest BCUT2D eigenvalue weighted by atomic mass is 16.5. The third-order valence-electron chi connectivity index (χ3n) is 5.35. The molecule has 4 nitrogen and oxygen atoms in total. The molecule has 132 valence electrons. The van der Waals surface area contributed by atoms with Crippen molar-refractivity contribution < 1.29 is 9.53 Å². The topological polar surface area (TPSA) is 41.6 Å². The van der Waals surface area contributed by atoms with Crippen molar-refractivity contribution in [2.75, 3.05) is 19.7 Å².